The number of ether oxygens (including phenoxy) is 2. The van der Waals surface area contributed by atoms with Crippen molar-refractivity contribution in [3.63, 3.8) is 0 Å². The van der Waals surface area contributed by atoms with E-state index in [0.717, 1.165) is 4.90 Å². The first-order valence-corrected chi connectivity index (χ1v) is 6.25. The zero-order valence-corrected chi connectivity index (χ0v) is 10.6. The SMILES string of the molecule is CCOC(=O)N1C=C(C(F)(F)F)OC1c1cccs1. The molecule has 0 aromatic carbocycles. The lowest BCUT2D eigenvalue weighted by molar-refractivity contribution is -0.138. The lowest BCUT2D eigenvalue weighted by Crippen LogP contribution is -2.28. The summed E-state index contributed by atoms with van der Waals surface area (Å²) in [7, 11) is 0. The van der Waals surface area contributed by atoms with Crippen LogP contribution in [0.3, 0.4) is 0 Å². The molecule has 1 atom stereocenters. The van der Waals surface area contributed by atoms with E-state index in [4.69, 9.17) is 9.47 Å². The van der Waals surface area contributed by atoms with Crippen LogP contribution in [-0.4, -0.2) is 23.8 Å². The van der Waals surface area contributed by atoms with E-state index in [-0.39, 0.29) is 6.61 Å². The predicted molar refractivity (Wildman–Crippen MR) is 61.1 cm³/mol. The molecule has 0 spiro atoms. The van der Waals surface area contributed by atoms with Crippen LogP contribution in [0, 0.1) is 0 Å². The first-order chi connectivity index (χ1) is 8.93. The fourth-order valence-electron chi connectivity index (χ4n) is 1.51. The molecule has 4 nitrogen and oxygen atoms in total. The number of alkyl halides is 3. The molecule has 0 saturated heterocycles. The van der Waals surface area contributed by atoms with Crippen molar-refractivity contribution in [3.8, 4) is 0 Å². The van der Waals surface area contributed by atoms with Gasteiger partial charge in [-0.15, -0.1) is 11.3 Å². The Morgan fingerprint density at radius 1 is 1.58 bits per heavy atom. The highest BCUT2D eigenvalue weighted by atomic mass is 32.1. The lowest BCUT2D eigenvalue weighted by Gasteiger charge is -2.20. The van der Waals surface area contributed by atoms with E-state index in [2.05, 4.69) is 0 Å². The Hall–Kier alpha value is -1.70. The van der Waals surface area contributed by atoms with Crippen LogP contribution in [0.1, 0.15) is 18.0 Å². The van der Waals surface area contributed by atoms with Gasteiger partial charge in [0, 0.05) is 0 Å². The molecule has 0 saturated carbocycles. The summed E-state index contributed by atoms with van der Waals surface area (Å²) >= 11 is 1.20. The van der Waals surface area contributed by atoms with Crippen LogP contribution in [-0.2, 0) is 9.47 Å². The quantitative estimate of drug-likeness (QED) is 0.835. The molecule has 1 amide bonds. The highest BCUT2D eigenvalue weighted by molar-refractivity contribution is 7.10. The largest absolute Gasteiger partial charge is 0.458 e. The monoisotopic (exact) mass is 293 g/mol. The molecule has 0 fully saturated rings. The molecule has 0 radical (unpaired) electrons. The maximum Gasteiger partial charge on any atom is 0.450 e. The Kier molecular flexibility index (Phi) is 3.70. The molecular weight excluding hydrogens is 283 g/mol. The highest BCUT2D eigenvalue weighted by Gasteiger charge is 2.45. The van der Waals surface area contributed by atoms with Gasteiger partial charge in [0.2, 0.25) is 12.0 Å². The highest BCUT2D eigenvalue weighted by Crippen LogP contribution is 2.40. The zero-order valence-electron chi connectivity index (χ0n) is 9.81. The smallest absolute Gasteiger partial charge is 0.450 e. The van der Waals surface area contributed by atoms with Crippen molar-refractivity contribution in [2.75, 3.05) is 6.61 Å². The van der Waals surface area contributed by atoms with Crippen LogP contribution in [0.2, 0.25) is 0 Å². The molecule has 19 heavy (non-hydrogen) atoms. The minimum absolute atomic E-state index is 0.0711. The normalized spacial score (nSPS) is 19.1. The van der Waals surface area contributed by atoms with Gasteiger partial charge in [0.1, 0.15) is 0 Å². The van der Waals surface area contributed by atoms with Gasteiger partial charge >= 0.3 is 12.3 Å². The number of rotatable bonds is 2. The number of thiophene rings is 1. The molecule has 2 rings (SSSR count). The summed E-state index contributed by atoms with van der Waals surface area (Å²) in [5.41, 5.74) is 0. The molecule has 0 bridgehead atoms. The van der Waals surface area contributed by atoms with E-state index >= 15 is 0 Å². The first-order valence-electron chi connectivity index (χ1n) is 5.37. The molecule has 0 N–H and O–H groups in total. The third-order valence-corrected chi connectivity index (χ3v) is 3.20. The van der Waals surface area contributed by atoms with Crippen molar-refractivity contribution in [1.82, 2.24) is 4.90 Å². The van der Waals surface area contributed by atoms with Crippen molar-refractivity contribution in [2.45, 2.75) is 19.3 Å². The average Bonchev–Trinajstić information content (AvgIpc) is 2.97. The Morgan fingerprint density at radius 3 is 2.84 bits per heavy atom. The predicted octanol–water partition coefficient (Wildman–Crippen LogP) is 3.64. The van der Waals surface area contributed by atoms with Crippen molar-refractivity contribution in [1.29, 1.82) is 0 Å². The maximum atomic E-state index is 12.6. The van der Waals surface area contributed by atoms with E-state index in [1.165, 1.54) is 11.3 Å². The molecular formula is C11H10F3NO3S. The summed E-state index contributed by atoms with van der Waals surface area (Å²) in [4.78, 5) is 12.9. The van der Waals surface area contributed by atoms with Crippen molar-refractivity contribution in [2.24, 2.45) is 0 Å². The number of halogens is 3. The molecule has 1 aromatic heterocycles. The molecule has 0 aliphatic carbocycles. The van der Waals surface area contributed by atoms with Crippen molar-refractivity contribution >= 4 is 17.4 Å². The third-order valence-electron chi connectivity index (χ3n) is 2.29. The molecule has 1 aliphatic rings. The van der Waals surface area contributed by atoms with Crippen molar-refractivity contribution in [3.05, 3.63) is 34.3 Å². The first kappa shape index (κ1) is 13.7. The van der Waals surface area contributed by atoms with Crippen LogP contribution in [0.15, 0.2) is 29.5 Å². The van der Waals surface area contributed by atoms with Gasteiger partial charge in [0.15, 0.2) is 0 Å². The Balaban J connectivity index is 2.27. The van der Waals surface area contributed by atoms with E-state index < -0.39 is 24.3 Å². The maximum absolute atomic E-state index is 12.6. The third kappa shape index (κ3) is 2.83. The second-order valence-electron chi connectivity index (χ2n) is 3.58. The van der Waals surface area contributed by atoms with Crippen molar-refractivity contribution < 1.29 is 27.4 Å². The number of hydrogen-bond donors (Lipinski definition) is 0. The van der Waals surface area contributed by atoms with Gasteiger partial charge in [-0.1, -0.05) is 6.07 Å². The standard InChI is InChI=1S/C11H10F3NO3S/c1-2-17-10(16)15-6-8(11(12,13)14)18-9(15)7-4-3-5-19-7/h3-6,9H,2H2,1H3. The topological polar surface area (TPSA) is 38.8 Å². The summed E-state index contributed by atoms with van der Waals surface area (Å²) in [6, 6.07) is 3.26. The summed E-state index contributed by atoms with van der Waals surface area (Å²) in [5.74, 6) is -1.21. The molecule has 1 aromatic rings. The van der Waals surface area contributed by atoms with Crippen LogP contribution in [0.25, 0.3) is 0 Å². The van der Waals surface area contributed by atoms with Gasteiger partial charge in [-0.25, -0.2) is 9.69 Å². The lowest BCUT2D eigenvalue weighted by atomic mass is 10.4. The summed E-state index contributed by atoms with van der Waals surface area (Å²) in [6.45, 7) is 1.64. The average molecular weight is 293 g/mol. The van der Waals surface area contributed by atoms with Gasteiger partial charge in [0.25, 0.3) is 0 Å². The molecule has 1 unspecified atom stereocenters. The molecule has 1 aliphatic heterocycles. The fourth-order valence-corrected chi connectivity index (χ4v) is 2.26. The fraction of sp³-hybridized carbons (Fsp3) is 0.364. The van der Waals surface area contributed by atoms with Gasteiger partial charge in [-0.05, 0) is 18.4 Å². The van der Waals surface area contributed by atoms with Gasteiger partial charge in [-0.3, -0.25) is 0 Å². The van der Waals surface area contributed by atoms with Crippen LogP contribution in [0.4, 0.5) is 18.0 Å². The Morgan fingerprint density at radius 2 is 2.32 bits per heavy atom. The zero-order chi connectivity index (χ0) is 14.0. The van der Waals surface area contributed by atoms with E-state index in [1.54, 1.807) is 24.4 Å². The molecule has 2 heterocycles. The van der Waals surface area contributed by atoms with E-state index in [1.807, 2.05) is 0 Å². The second-order valence-corrected chi connectivity index (χ2v) is 4.56. The van der Waals surface area contributed by atoms with E-state index in [0.29, 0.717) is 11.1 Å². The number of allylic oxidation sites excluding steroid dienone is 1. The Bertz CT molecular complexity index is 484. The summed E-state index contributed by atoms with van der Waals surface area (Å²) < 4.78 is 47.4. The summed E-state index contributed by atoms with van der Waals surface area (Å²) in [5, 5.41) is 1.69. The van der Waals surface area contributed by atoms with Gasteiger partial charge in [0.05, 0.1) is 17.7 Å². The number of carbonyl (C=O) groups excluding carboxylic acids is 1. The minimum atomic E-state index is -4.64. The minimum Gasteiger partial charge on any atom is -0.458 e. The van der Waals surface area contributed by atoms with Gasteiger partial charge < -0.3 is 9.47 Å². The molecule has 104 valence electrons. The number of amides is 1. The second kappa shape index (κ2) is 5.12. The van der Waals surface area contributed by atoms with Crippen LogP contribution in [0.5, 0.6) is 0 Å². The number of hydrogen-bond acceptors (Lipinski definition) is 4. The summed E-state index contributed by atoms with van der Waals surface area (Å²) in [6.07, 6.45) is -6.02. The van der Waals surface area contributed by atoms with Gasteiger partial charge in [-0.2, -0.15) is 13.2 Å². The number of nitrogens with zero attached hydrogens (tertiary/aromatic N) is 1. The van der Waals surface area contributed by atoms with E-state index in [9.17, 15) is 18.0 Å². The Labute approximate surface area is 111 Å². The van der Waals surface area contributed by atoms with Crippen LogP contribution >= 0.6 is 11.3 Å². The molecule has 8 heteroatoms. The number of carbonyl (C=O) groups is 1. The van der Waals surface area contributed by atoms with Crippen LogP contribution < -0.4 is 0 Å².